The summed E-state index contributed by atoms with van der Waals surface area (Å²) in [4.78, 5) is 17.3. The van der Waals surface area contributed by atoms with E-state index in [0.29, 0.717) is 29.6 Å². The predicted molar refractivity (Wildman–Crippen MR) is 106 cm³/mol. The van der Waals surface area contributed by atoms with Gasteiger partial charge in [0.15, 0.2) is 0 Å². The molecule has 1 aliphatic heterocycles. The van der Waals surface area contributed by atoms with Crippen LogP contribution in [0.5, 0.6) is 0 Å². The summed E-state index contributed by atoms with van der Waals surface area (Å²) in [7, 11) is 0. The summed E-state index contributed by atoms with van der Waals surface area (Å²) < 4.78 is 7.01. The predicted octanol–water partition coefficient (Wildman–Crippen LogP) is 2.40. The summed E-state index contributed by atoms with van der Waals surface area (Å²) in [6.45, 7) is 1.68. The number of halogens is 2. The summed E-state index contributed by atoms with van der Waals surface area (Å²) in [6.07, 6.45) is 4.85. The third-order valence-corrected chi connectivity index (χ3v) is 5.02. The first kappa shape index (κ1) is 20.3. The summed E-state index contributed by atoms with van der Waals surface area (Å²) in [5.74, 6) is 0.705. The minimum Gasteiger partial charge on any atom is -0.345 e. The molecule has 2 aromatic heterocycles. The van der Waals surface area contributed by atoms with Gasteiger partial charge >= 0.3 is 0 Å². The maximum absolute atomic E-state index is 13.0. The van der Waals surface area contributed by atoms with Crippen LogP contribution in [-0.4, -0.2) is 38.9 Å². The molecule has 1 saturated heterocycles. The Morgan fingerprint density at radius 1 is 1.29 bits per heavy atom. The quantitative estimate of drug-likeness (QED) is 0.654. The summed E-state index contributed by atoms with van der Waals surface area (Å²) in [5, 5.41) is 15.1. The lowest BCUT2D eigenvalue weighted by molar-refractivity contribution is -0.132. The normalized spacial score (nSPS) is 15.6. The van der Waals surface area contributed by atoms with E-state index < -0.39 is 5.54 Å². The van der Waals surface area contributed by atoms with E-state index in [4.69, 9.17) is 16.1 Å². The Morgan fingerprint density at radius 2 is 2.04 bits per heavy atom. The van der Waals surface area contributed by atoms with Gasteiger partial charge in [-0.2, -0.15) is 10.1 Å². The molecule has 1 aliphatic rings. The highest BCUT2D eigenvalue weighted by molar-refractivity contribution is 6.30. The molecule has 3 heterocycles. The molecule has 0 spiro atoms. The summed E-state index contributed by atoms with van der Waals surface area (Å²) in [6, 6.07) is 8.99. The van der Waals surface area contributed by atoms with Gasteiger partial charge in [0, 0.05) is 23.0 Å². The maximum Gasteiger partial charge on any atom is 0.248 e. The standard InChI is InChI=1S/C18H19ClN6O2.ClH/c19-14-4-2-13(3-5-14)16-23-15(27-24-16)12-21-17(26)18(6-9-20-10-7-18)25-11-1-8-22-25;/h1-5,8,11,20H,6-7,9-10,12H2,(H,21,26);1H. The number of amides is 1. The Kier molecular flexibility index (Phi) is 6.33. The molecule has 8 nitrogen and oxygen atoms in total. The molecule has 0 saturated carbocycles. The van der Waals surface area contributed by atoms with Crippen molar-refractivity contribution in [2.75, 3.05) is 13.1 Å². The first-order valence-corrected chi connectivity index (χ1v) is 9.13. The fourth-order valence-corrected chi connectivity index (χ4v) is 3.41. The van der Waals surface area contributed by atoms with Gasteiger partial charge in [-0.05, 0) is 56.3 Å². The lowest BCUT2D eigenvalue weighted by atomic mass is 9.87. The number of piperidine rings is 1. The van der Waals surface area contributed by atoms with Crippen molar-refractivity contribution in [2.24, 2.45) is 0 Å². The van der Waals surface area contributed by atoms with E-state index in [2.05, 4.69) is 25.9 Å². The van der Waals surface area contributed by atoms with E-state index >= 15 is 0 Å². The average molecular weight is 423 g/mol. The number of hydrogen-bond acceptors (Lipinski definition) is 6. The van der Waals surface area contributed by atoms with Crippen molar-refractivity contribution in [1.29, 1.82) is 0 Å². The van der Waals surface area contributed by atoms with E-state index in [1.165, 1.54) is 0 Å². The monoisotopic (exact) mass is 422 g/mol. The maximum atomic E-state index is 13.0. The van der Waals surface area contributed by atoms with E-state index in [1.807, 2.05) is 24.4 Å². The van der Waals surface area contributed by atoms with Crippen molar-refractivity contribution in [1.82, 2.24) is 30.6 Å². The van der Waals surface area contributed by atoms with Crippen molar-refractivity contribution in [3.63, 3.8) is 0 Å². The van der Waals surface area contributed by atoms with Crippen molar-refractivity contribution in [3.8, 4) is 11.4 Å². The number of benzene rings is 1. The molecule has 28 heavy (non-hydrogen) atoms. The number of hydrogen-bond donors (Lipinski definition) is 2. The lowest BCUT2D eigenvalue weighted by Crippen LogP contribution is -2.54. The van der Waals surface area contributed by atoms with E-state index in [-0.39, 0.29) is 24.9 Å². The SMILES string of the molecule is Cl.O=C(NCc1nc(-c2ccc(Cl)cc2)no1)C1(n2cccn2)CCNCC1. The highest BCUT2D eigenvalue weighted by atomic mass is 35.5. The van der Waals surface area contributed by atoms with Gasteiger partial charge in [0.25, 0.3) is 0 Å². The van der Waals surface area contributed by atoms with Crippen LogP contribution in [0.3, 0.4) is 0 Å². The third kappa shape index (κ3) is 4.04. The van der Waals surface area contributed by atoms with Crippen LogP contribution < -0.4 is 10.6 Å². The van der Waals surface area contributed by atoms with Gasteiger partial charge in [-0.25, -0.2) is 0 Å². The van der Waals surface area contributed by atoms with Crippen LogP contribution in [0.1, 0.15) is 18.7 Å². The Labute approximate surface area is 173 Å². The molecule has 0 radical (unpaired) electrons. The second-order valence-corrected chi connectivity index (χ2v) is 6.87. The van der Waals surface area contributed by atoms with Crippen molar-refractivity contribution in [2.45, 2.75) is 24.9 Å². The number of carbonyl (C=O) groups excluding carboxylic acids is 1. The van der Waals surface area contributed by atoms with Gasteiger partial charge in [-0.1, -0.05) is 16.8 Å². The number of nitrogens with one attached hydrogen (secondary N) is 2. The Morgan fingerprint density at radius 3 is 2.71 bits per heavy atom. The summed E-state index contributed by atoms with van der Waals surface area (Å²) in [5.41, 5.74) is 0.0976. The minimum atomic E-state index is -0.701. The van der Waals surface area contributed by atoms with Gasteiger partial charge in [-0.15, -0.1) is 12.4 Å². The molecule has 4 rings (SSSR count). The van der Waals surface area contributed by atoms with Crippen LogP contribution in [0.2, 0.25) is 5.02 Å². The molecule has 10 heteroatoms. The van der Waals surface area contributed by atoms with Gasteiger partial charge in [0.1, 0.15) is 5.54 Å². The number of rotatable bonds is 5. The van der Waals surface area contributed by atoms with Gasteiger partial charge < -0.3 is 15.2 Å². The van der Waals surface area contributed by atoms with Crippen molar-refractivity contribution < 1.29 is 9.32 Å². The highest BCUT2D eigenvalue weighted by Crippen LogP contribution is 2.27. The zero-order valence-corrected chi connectivity index (χ0v) is 16.5. The first-order chi connectivity index (χ1) is 13.2. The molecule has 2 N–H and O–H groups in total. The van der Waals surface area contributed by atoms with Crippen LogP contribution in [-0.2, 0) is 16.9 Å². The van der Waals surface area contributed by atoms with Crippen LogP contribution in [0.4, 0.5) is 0 Å². The lowest BCUT2D eigenvalue weighted by Gasteiger charge is -2.36. The molecular formula is C18H20Cl2N6O2. The Hall–Kier alpha value is -2.42. The smallest absolute Gasteiger partial charge is 0.248 e. The van der Waals surface area contributed by atoms with E-state index in [0.717, 1.165) is 18.7 Å². The largest absolute Gasteiger partial charge is 0.345 e. The molecular weight excluding hydrogens is 403 g/mol. The average Bonchev–Trinajstić information content (AvgIpc) is 3.40. The van der Waals surface area contributed by atoms with Crippen LogP contribution in [0, 0.1) is 0 Å². The molecule has 148 valence electrons. The van der Waals surface area contributed by atoms with Gasteiger partial charge in [0.05, 0.1) is 6.54 Å². The molecule has 0 bridgehead atoms. The second-order valence-electron chi connectivity index (χ2n) is 6.43. The van der Waals surface area contributed by atoms with Crippen LogP contribution in [0.15, 0.2) is 47.2 Å². The van der Waals surface area contributed by atoms with Gasteiger partial charge in [-0.3, -0.25) is 9.48 Å². The zero-order valence-electron chi connectivity index (χ0n) is 15.0. The number of carbonyl (C=O) groups is 1. The van der Waals surface area contributed by atoms with Crippen molar-refractivity contribution in [3.05, 3.63) is 53.6 Å². The molecule has 0 atom stereocenters. The molecule has 1 fully saturated rings. The summed E-state index contributed by atoms with van der Waals surface area (Å²) >= 11 is 5.89. The topological polar surface area (TPSA) is 97.9 Å². The Bertz CT molecular complexity index is 905. The molecule has 0 aliphatic carbocycles. The fraction of sp³-hybridized carbons (Fsp3) is 0.333. The van der Waals surface area contributed by atoms with Gasteiger partial charge in [0.2, 0.25) is 17.6 Å². The third-order valence-electron chi connectivity index (χ3n) is 4.77. The highest BCUT2D eigenvalue weighted by Gasteiger charge is 2.41. The minimum absolute atomic E-state index is 0. The van der Waals surface area contributed by atoms with Crippen molar-refractivity contribution >= 4 is 29.9 Å². The molecule has 1 amide bonds. The second kappa shape index (κ2) is 8.72. The van der Waals surface area contributed by atoms with Crippen LogP contribution >= 0.6 is 24.0 Å². The molecule has 0 unspecified atom stereocenters. The molecule has 3 aromatic rings. The number of nitrogens with zero attached hydrogens (tertiary/aromatic N) is 4. The zero-order chi connectivity index (χ0) is 18.7. The van der Waals surface area contributed by atoms with Crippen LogP contribution in [0.25, 0.3) is 11.4 Å². The van der Waals surface area contributed by atoms with E-state index in [1.54, 1.807) is 23.0 Å². The molecule has 1 aromatic carbocycles. The first-order valence-electron chi connectivity index (χ1n) is 8.75. The number of aromatic nitrogens is 4. The Balaban J connectivity index is 0.00000225. The fourth-order valence-electron chi connectivity index (χ4n) is 3.29. The van der Waals surface area contributed by atoms with E-state index in [9.17, 15) is 4.79 Å².